The first kappa shape index (κ1) is 21.0. The van der Waals surface area contributed by atoms with Gasteiger partial charge in [-0.15, -0.1) is 0 Å². The number of fused-ring (bicyclic) bond motifs is 2. The van der Waals surface area contributed by atoms with Crippen LogP contribution in [0.5, 0.6) is 5.75 Å². The Kier molecular flexibility index (Phi) is 6.28. The van der Waals surface area contributed by atoms with Crippen LogP contribution in [0.4, 0.5) is 0 Å². The van der Waals surface area contributed by atoms with Crippen LogP contribution < -0.4 is 21.3 Å². The second kappa shape index (κ2) is 9.27. The van der Waals surface area contributed by atoms with Crippen LogP contribution in [0, 0.1) is 11.8 Å². The van der Waals surface area contributed by atoms with Crippen molar-refractivity contribution in [1.82, 2.24) is 14.9 Å². The first-order valence-electron chi connectivity index (χ1n) is 10.1. The second-order valence-corrected chi connectivity index (χ2v) is 8.28. The Morgan fingerprint density at radius 2 is 2.13 bits per heavy atom. The lowest BCUT2D eigenvalue weighted by Gasteiger charge is -2.13. The summed E-state index contributed by atoms with van der Waals surface area (Å²) in [6.45, 7) is 0.239. The van der Waals surface area contributed by atoms with Gasteiger partial charge in [0.15, 0.2) is 5.16 Å². The largest absolute Gasteiger partial charge is 0.480 e. The maximum atomic E-state index is 12.8. The highest BCUT2D eigenvalue weighted by molar-refractivity contribution is 7.99. The zero-order valence-corrected chi connectivity index (χ0v) is 17.7. The number of hydrogen-bond acceptors (Lipinski definition) is 6. The average molecular weight is 439 g/mol. The van der Waals surface area contributed by atoms with E-state index in [-0.39, 0.29) is 37.1 Å². The molecule has 0 fully saturated rings. The van der Waals surface area contributed by atoms with E-state index in [1.54, 1.807) is 28.8 Å². The summed E-state index contributed by atoms with van der Waals surface area (Å²) in [6.07, 6.45) is 2.81. The fourth-order valence-corrected chi connectivity index (χ4v) is 4.91. The molecule has 3 N–H and O–H groups in total. The molecule has 1 aliphatic carbocycles. The van der Waals surface area contributed by atoms with Crippen molar-refractivity contribution in [3.63, 3.8) is 0 Å². The van der Waals surface area contributed by atoms with Gasteiger partial charge in [0.1, 0.15) is 12.4 Å². The first-order chi connectivity index (χ1) is 15.0. The predicted octanol–water partition coefficient (Wildman–Crippen LogP) is 1.07. The van der Waals surface area contributed by atoms with E-state index in [1.807, 2.05) is 0 Å². The topological polar surface area (TPSA) is 116 Å². The molecule has 9 heteroatoms. The number of carbonyl (C=O) groups is 2. The van der Waals surface area contributed by atoms with E-state index >= 15 is 0 Å². The highest BCUT2D eigenvalue weighted by Crippen LogP contribution is 2.33. The van der Waals surface area contributed by atoms with Gasteiger partial charge in [0.05, 0.1) is 23.8 Å². The highest BCUT2D eigenvalue weighted by Gasteiger charge is 2.30. The molecule has 0 bridgehead atoms. The zero-order chi connectivity index (χ0) is 21.8. The molecule has 1 aliphatic heterocycles. The maximum absolute atomic E-state index is 12.8. The normalized spacial score (nSPS) is 16.1. The molecule has 0 spiro atoms. The first-order valence-corrected chi connectivity index (χ1v) is 11.0. The molecule has 1 aromatic heterocycles. The van der Waals surface area contributed by atoms with Crippen molar-refractivity contribution in [1.29, 1.82) is 0 Å². The number of primary amides is 1. The molecule has 1 atom stereocenters. The highest BCUT2D eigenvalue weighted by atomic mass is 32.2. The number of rotatable bonds is 6. The summed E-state index contributed by atoms with van der Waals surface area (Å²) in [5.41, 5.74) is 7.33. The molecule has 0 saturated carbocycles. The number of hydrogen-bond donors (Lipinski definition) is 2. The minimum absolute atomic E-state index is 0.00785. The third kappa shape index (κ3) is 4.59. The van der Waals surface area contributed by atoms with Crippen molar-refractivity contribution in [2.24, 2.45) is 5.73 Å². The summed E-state index contributed by atoms with van der Waals surface area (Å²) >= 11 is 1.53. The number of para-hydroxylation sites is 1. The summed E-state index contributed by atoms with van der Waals surface area (Å²) in [5.74, 6) is 5.91. The summed E-state index contributed by atoms with van der Waals surface area (Å²) in [4.78, 5) is 41.1. The fraction of sp³-hybridized carbons (Fsp3) is 0.364. The molecule has 0 unspecified atom stereocenters. The number of thioether (sulfide) groups is 1. The number of amides is 2. The lowest BCUT2D eigenvalue weighted by Crippen LogP contribution is -2.32. The Morgan fingerprint density at radius 3 is 2.97 bits per heavy atom. The van der Waals surface area contributed by atoms with E-state index in [9.17, 15) is 14.4 Å². The van der Waals surface area contributed by atoms with Gasteiger partial charge in [-0.25, -0.2) is 4.98 Å². The molecule has 2 heterocycles. The Bertz CT molecular complexity index is 1150. The van der Waals surface area contributed by atoms with Gasteiger partial charge in [-0.3, -0.25) is 19.0 Å². The minimum Gasteiger partial charge on any atom is -0.480 e. The van der Waals surface area contributed by atoms with E-state index in [2.05, 4.69) is 22.1 Å². The number of nitrogens with zero attached hydrogens (tertiary/aromatic N) is 2. The molecule has 2 aromatic rings. The lowest BCUT2D eigenvalue weighted by molar-refractivity contribution is -0.121. The van der Waals surface area contributed by atoms with Crippen molar-refractivity contribution in [2.45, 2.75) is 36.9 Å². The molecule has 2 amide bonds. The van der Waals surface area contributed by atoms with Crippen molar-refractivity contribution in [3.8, 4) is 17.6 Å². The van der Waals surface area contributed by atoms with Crippen molar-refractivity contribution >= 4 is 23.6 Å². The Hall–Kier alpha value is -3.25. The molecular formula is C22H22N4O4S. The quantitative estimate of drug-likeness (QED) is 0.515. The Morgan fingerprint density at radius 1 is 1.29 bits per heavy atom. The summed E-state index contributed by atoms with van der Waals surface area (Å²) in [7, 11) is 0. The van der Waals surface area contributed by atoms with E-state index in [1.165, 1.54) is 11.8 Å². The molecular weight excluding hydrogens is 416 g/mol. The lowest BCUT2D eigenvalue weighted by atomic mass is 10.2. The van der Waals surface area contributed by atoms with Crippen LogP contribution in [0.1, 0.15) is 40.5 Å². The van der Waals surface area contributed by atoms with Crippen LogP contribution in [0.3, 0.4) is 0 Å². The molecule has 8 nitrogen and oxygen atoms in total. The van der Waals surface area contributed by atoms with Crippen molar-refractivity contribution < 1.29 is 14.3 Å². The number of aryl methyl sites for hydroxylation is 1. The third-order valence-electron chi connectivity index (χ3n) is 5.24. The van der Waals surface area contributed by atoms with Gasteiger partial charge in [-0.1, -0.05) is 35.7 Å². The average Bonchev–Trinajstić information content (AvgIpc) is 3.38. The second-order valence-electron chi connectivity index (χ2n) is 7.30. The molecule has 1 aromatic carbocycles. The number of ether oxygens (including phenoxy) is 1. The summed E-state index contributed by atoms with van der Waals surface area (Å²) < 4.78 is 7.15. The van der Waals surface area contributed by atoms with Crippen LogP contribution >= 0.6 is 11.8 Å². The molecule has 0 saturated heterocycles. The van der Waals surface area contributed by atoms with Crippen molar-refractivity contribution in [3.05, 3.63) is 51.4 Å². The minimum atomic E-state index is -0.568. The number of aromatic nitrogens is 2. The summed E-state index contributed by atoms with van der Waals surface area (Å²) in [6, 6.07) is 6.48. The van der Waals surface area contributed by atoms with Gasteiger partial charge in [-0.2, -0.15) is 0 Å². The van der Waals surface area contributed by atoms with E-state index in [0.29, 0.717) is 17.1 Å². The number of nitrogens with one attached hydrogen (secondary N) is 1. The monoisotopic (exact) mass is 438 g/mol. The van der Waals surface area contributed by atoms with Gasteiger partial charge in [0.2, 0.25) is 5.91 Å². The zero-order valence-electron chi connectivity index (χ0n) is 16.8. The third-order valence-corrected chi connectivity index (χ3v) is 6.34. The SMILES string of the molecule is NC(=O)c1ccccc1OCC#CCNC(=O)C[C@H]1CSc2nc3c(c(=O)n21)CCC3. The van der Waals surface area contributed by atoms with E-state index in [0.717, 1.165) is 35.7 Å². The van der Waals surface area contributed by atoms with Crippen LogP contribution in [-0.2, 0) is 17.6 Å². The van der Waals surface area contributed by atoms with Crippen LogP contribution in [-0.4, -0.2) is 40.3 Å². The smallest absolute Gasteiger partial charge is 0.257 e. The summed E-state index contributed by atoms with van der Waals surface area (Å²) in [5, 5.41) is 3.47. The van der Waals surface area contributed by atoms with Gasteiger partial charge in [0, 0.05) is 17.7 Å². The fourth-order valence-electron chi connectivity index (χ4n) is 3.75. The van der Waals surface area contributed by atoms with Crippen LogP contribution in [0.25, 0.3) is 0 Å². The number of nitrogens with two attached hydrogens (primary N) is 1. The molecule has 4 rings (SSSR count). The predicted molar refractivity (Wildman–Crippen MR) is 116 cm³/mol. The molecule has 31 heavy (non-hydrogen) atoms. The van der Waals surface area contributed by atoms with Gasteiger partial charge < -0.3 is 15.8 Å². The van der Waals surface area contributed by atoms with E-state index < -0.39 is 5.91 Å². The maximum Gasteiger partial charge on any atom is 0.257 e. The Labute approximate surface area is 183 Å². The Balaban J connectivity index is 1.27. The number of carbonyl (C=O) groups excluding carboxylic acids is 2. The standard InChI is InChI=1S/C22H22N4O4S/c23-20(28)16-6-1-2-9-18(16)30-11-4-3-10-24-19(27)12-14-13-31-22-25-17-8-5-7-15(17)21(29)26(14)22/h1-2,6,9,14H,5,7-8,10-13H2,(H2,23,28)(H,24,27)/t14-/m0/s1. The van der Waals surface area contributed by atoms with Gasteiger partial charge in [0.25, 0.3) is 11.5 Å². The number of benzene rings is 1. The van der Waals surface area contributed by atoms with Crippen LogP contribution in [0.2, 0.25) is 0 Å². The van der Waals surface area contributed by atoms with Crippen molar-refractivity contribution in [2.75, 3.05) is 18.9 Å². The molecule has 0 radical (unpaired) electrons. The van der Waals surface area contributed by atoms with Gasteiger partial charge >= 0.3 is 0 Å². The molecule has 2 aliphatic rings. The van der Waals surface area contributed by atoms with Crippen LogP contribution in [0.15, 0.2) is 34.2 Å². The molecule has 160 valence electrons. The van der Waals surface area contributed by atoms with E-state index in [4.69, 9.17) is 10.5 Å². The van der Waals surface area contributed by atoms with Gasteiger partial charge in [-0.05, 0) is 31.4 Å².